The van der Waals surface area contributed by atoms with Gasteiger partial charge in [0.1, 0.15) is 46.5 Å². The number of aliphatic hydroxyl groups is 1. The molecule has 15 nitrogen and oxygen atoms in total. The lowest BCUT2D eigenvalue weighted by molar-refractivity contribution is -0.162. The number of anilines is 1. The Hall–Kier alpha value is -3.67. The van der Waals surface area contributed by atoms with E-state index in [0.29, 0.717) is 49.4 Å². The Labute approximate surface area is 363 Å². The fourth-order valence-electron chi connectivity index (χ4n) is 7.52. The van der Waals surface area contributed by atoms with Gasteiger partial charge in [-0.1, -0.05) is 56.2 Å². The summed E-state index contributed by atoms with van der Waals surface area (Å²) in [5.41, 5.74) is 4.52. The molecule has 4 bridgehead atoms. The summed E-state index contributed by atoms with van der Waals surface area (Å²) < 4.78 is 29.0. The predicted molar refractivity (Wildman–Crippen MR) is 230 cm³/mol. The molecule has 0 aliphatic carbocycles. The van der Waals surface area contributed by atoms with Gasteiger partial charge in [0.25, 0.3) is 0 Å². The number of benzene rings is 1. The van der Waals surface area contributed by atoms with Crippen LogP contribution in [0.15, 0.2) is 35.9 Å². The van der Waals surface area contributed by atoms with Crippen LogP contribution in [0.1, 0.15) is 85.6 Å². The highest BCUT2D eigenvalue weighted by atomic mass is 35.5. The van der Waals surface area contributed by atoms with Crippen LogP contribution in [0, 0.1) is 5.92 Å². The third-order valence-corrected chi connectivity index (χ3v) is 13.6. The highest BCUT2D eigenvalue weighted by molar-refractivity contribution is 8.01. The number of hydrogen-bond donors (Lipinski definition) is 3. The summed E-state index contributed by atoms with van der Waals surface area (Å²) in [6, 6.07) is 2.53. The van der Waals surface area contributed by atoms with Crippen molar-refractivity contribution in [3.63, 3.8) is 0 Å². The molecule has 3 aliphatic heterocycles. The van der Waals surface area contributed by atoms with Crippen LogP contribution < -0.4 is 20.7 Å². The first-order chi connectivity index (χ1) is 28.1. The first-order valence-electron chi connectivity index (χ1n) is 20.3. The number of allylic oxidation sites excluding steroid dienone is 3. The smallest absolute Gasteiger partial charge is 0.409 e. The Kier molecular flexibility index (Phi) is 16.7. The number of carbonyl (C=O) groups excluding carboxylic acids is 5. The van der Waals surface area contributed by atoms with Gasteiger partial charge in [0, 0.05) is 51.1 Å². The summed E-state index contributed by atoms with van der Waals surface area (Å²) in [6.45, 7) is 11.4. The van der Waals surface area contributed by atoms with Crippen molar-refractivity contribution in [1.29, 1.82) is 0 Å². The number of ether oxygens (including phenoxy) is 5. The SMILES string of the molecule is COc1cc2cc(c1Cl)N(C)C(=O)C[C@H](OC(=O)[C@H](C)N(C)C(=O)CCC(C)(C)SCC(=O)CCCN)[C@@]1(C)O[C@H]1[C@H](C)[C@@H]1C[C@@](O)(NC(=O)O1)[C@H](OC)/C=C/C=C(\C)C2. The largest absolute Gasteiger partial charge is 0.495 e. The molecule has 1 aromatic carbocycles. The van der Waals surface area contributed by atoms with Gasteiger partial charge in [0.2, 0.25) is 11.8 Å². The number of ketones is 1. The molecule has 0 radical (unpaired) electrons. The van der Waals surface area contributed by atoms with Gasteiger partial charge in [0.15, 0.2) is 5.72 Å². The van der Waals surface area contributed by atoms with E-state index in [0.717, 1.165) is 11.1 Å². The molecule has 8 atom stereocenters. The zero-order valence-corrected chi connectivity index (χ0v) is 38.1. The maximum Gasteiger partial charge on any atom is 0.409 e. The highest BCUT2D eigenvalue weighted by Gasteiger charge is 2.64. The van der Waals surface area contributed by atoms with Crippen molar-refractivity contribution in [2.75, 3.05) is 45.5 Å². The van der Waals surface area contributed by atoms with Gasteiger partial charge in [-0.15, -0.1) is 11.8 Å². The maximum absolute atomic E-state index is 14.3. The number of halogens is 1. The van der Waals surface area contributed by atoms with Crippen molar-refractivity contribution >= 4 is 58.7 Å². The number of Topliss-reactive ketones (excluding diaryl/α,β-unsaturated/α-hetero) is 1. The fraction of sp³-hybridized carbons (Fsp3) is 0.651. The van der Waals surface area contributed by atoms with Crippen molar-refractivity contribution in [3.05, 3.63) is 46.5 Å². The molecule has 0 saturated carbocycles. The Balaban J connectivity index is 1.63. The number of thioether (sulfide) groups is 1. The van der Waals surface area contributed by atoms with Crippen LogP contribution in [0.2, 0.25) is 5.02 Å². The van der Waals surface area contributed by atoms with Crippen LogP contribution in [0.4, 0.5) is 10.5 Å². The molecule has 3 aliphatic rings. The minimum Gasteiger partial charge on any atom is -0.495 e. The maximum atomic E-state index is 14.3. The minimum absolute atomic E-state index is 0.0680. The Morgan fingerprint density at radius 1 is 1.22 bits per heavy atom. The molecule has 2 fully saturated rings. The van der Waals surface area contributed by atoms with Crippen molar-refractivity contribution < 1.29 is 52.8 Å². The number of epoxide rings is 1. The van der Waals surface area contributed by atoms with Crippen molar-refractivity contribution in [3.8, 4) is 5.75 Å². The van der Waals surface area contributed by atoms with Crippen LogP contribution in [-0.2, 0) is 44.5 Å². The Morgan fingerprint density at radius 3 is 2.57 bits per heavy atom. The Morgan fingerprint density at radius 2 is 1.92 bits per heavy atom. The van der Waals surface area contributed by atoms with Crippen molar-refractivity contribution in [2.45, 2.75) is 133 Å². The molecule has 0 unspecified atom stereocenters. The fourth-order valence-corrected chi connectivity index (χ4v) is 8.78. The lowest BCUT2D eigenvalue weighted by Crippen LogP contribution is -2.63. The standard InChI is InChI=1S/C43H63ClN4O11S/c1-25-13-11-15-33(56-10)43(54)23-32(57-40(53)46-43)26(2)38-42(6,59-38)34(22-36(51)48(8)30-20-28(19-25)21-31(55-9)37(30)44)58-39(52)27(3)47(7)35(50)16-17-41(4,5)60-24-29(49)14-12-18-45/h11,13,15,20-21,26-27,32-34,38,54H,12,14,16-19,22-24,45H2,1-10H3,(H,46,53)/b15-11+,25-13+/t26-,27+,32+,33-,34+,38+,42-,43+/m1/s1. The second kappa shape index (κ2) is 20.5. The minimum atomic E-state index is -1.85. The molecule has 60 heavy (non-hydrogen) atoms. The number of alkyl carbamates (subject to hydrolysis) is 1. The summed E-state index contributed by atoms with van der Waals surface area (Å²) >= 11 is 8.27. The summed E-state index contributed by atoms with van der Waals surface area (Å²) in [4.78, 5) is 69.5. The quantitative estimate of drug-likeness (QED) is 0.165. The van der Waals surface area contributed by atoms with E-state index in [9.17, 15) is 29.1 Å². The molecule has 4 rings (SSSR count). The average Bonchev–Trinajstić information content (AvgIpc) is 3.90. The molecule has 4 N–H and O–H groups in total. The number of methoxy groups -OCH3 is 2. The van der Waals surface area contributed by atoms with E-state index in [2.05, 4.69) is 5.32 Å². The number of amides is 3. The number of fused-ring (bicyclic) bond motifs is 5. The van der Waals surface area contributed by atoms with Gasteiger partial charge < -0.3 is 44.3 Å². The summed E-state index contributed by atoms with van der Waals surface area (Å²) in [5, 5.41) is 14.5. The number of rotatable bonds is 14. The molecule has 0 spiro atoms. The first kappa shape index (κ1) is 49.0. The number of esters is 1. The van der Waals surface area contributed by atoms with E-state index in [1.54, 1.807) is 52.1 Å². The van der Waals surface area contributed by atoms with Crippen LogP contribution in [-0.4, -0.2) is 127 Å². The van der Waals surface area contributed by atoms with Gasteiger partial charge in [-0.25, -0.2) is 9.59 Å². The van der Waals surface area contributed by atoms with Crippen LogP contribution in [0.3, 0.4) is 0 Å². The van der Waals surface area contributed by atoms with E-state index in [1.165, 1.54) is 42.8 Å². The molecule has 17 heteroatoms. The third-order valence-electron chi connectivity index (χ3n) is 11.7. The second-order valence-corrected chi connectivity index (χ2v) is 18.9. The number of nitrogens with two attached hydrogens (primary N) is 1. The average molecular weight is 880 g/mol. The number of nitrogens with zero attached hydrogens (tertiary/aromatic N) is 2. The van der Waals surface area contributed by atoms with E-state index >= 15 is 0 Å². The highest BCUT2D eigenvalue weighted by Crippen LogP contribution is 2.49. The number of likely N-dealkylation sites (N-methyl/N-ethyl adjacent to an activating group) is 1. The van der Waals surface area contributed by atoms with Crippen molar-refractivity contribution in [2.24, 2.45) is 11.7 Å². The summed E-state index contributed by atoms with van der Waals surface area (Å²) in [7, 11) is 6.00. The van der Waals surface area contributed by atoms with Gasteiger partial charge in [-0.3, -0.25) is 19.7 Å². The molecule has 3 amide bonds. The lowest BCUT2D eigenvalue weighted by atomic mass is 9.83. The molecular formula is C43H63ClN4O11S. The second-order valence-electron chi connectivity index (χ2n) is 16.9. The zero-order chi connectivity index (χ0) is 44.7. The number of nitrogens with one attached hydrogen (secondary N) is 1. The molecule has 0 aromatic heterocycles. The topological polar surface area (TPSA) is 200 Å². The normalized spacial score (nSPS) is 29.2. The number of hydrogen-bond acceptors (Lipinski definition) is 13. The predicted octanol–water partition coefficient (Wildman–Crippen LogP) is 5.11. The summed E-state index contributed by atoms with van der Waals surface area (Å²) in [6.07, 6.45) is 2.38. The van der Waals surface area contributed by atoms with Crippen LogP contribution in [0.25, 0.3) is 0 Å². The van der Waals surface area contributed by atoms with Crippen molar-refractivity contribution in [1.82, 2.24) is 10.2 Å². The molecule has 334 valence electrons. The molecule has 1 aromatic rings. The third kappa shape index (κ3) is 12.0. The van der Waals surface area contributed by atoms with Gasteiger partial charge in [-0.2, -0.15) is 0 Å². The van der Waals surface area contributed by atoms with Gasteiger partial charge >= 0.3 is 12.1 Å². The number of carbonyl (C=O) groups is 5. The van der Waals surface area contributed by atoms with E-state index in [1.807, 2.05) is 26.8 Å². The first-order valence-corrected chi connectivity index (χ1v) is 21.7. The van der Waals surface area contributed by atoms with Gasteiger partial charge in [-0.05, 0) is 64.3 Å². The van der Waals surface area contributed by atoms with E-state index in [4.69, 9.17) is 41.0 Å². The monoisotopic (exact) mass is 878 g/mol. The molecular weight excluding hydrogens is 816 g/mol. The molecule has 3 heterocycles. The molecule has 2 saturated heterocycles. The Bertz CT molecular complexity index is 1830. The summed E-state index contributed by atoms with van der Waals surface area (Å²) in [5.74, 6) is -1.26. The van der Waals surface area contributed by atoms with E-state index < -0.39 is 65.7 Å². The zero-order valence-electron chi connectivity index (χ0n) is 36.5. The van der Waals surface area contributed by atoms with Gasteiger partial charge in [0.05, 0.1) is 31.1 Å². The van der Waals surface area contributed by atoms with Crippen LogP contribution in [0.5, 0.6) is 5.75 Å². The lowest BCUT2D eigenvalue weighted by Gasteiger charge is -2.42. The van der Waals surface area contributed by atoms with Crippen LogP contribution >= 0.6 is 23.4 Å². The van der Waals surface area contributed by atoms with E-state index in [-0.39, 0.29) is 40.7 Å².